The number of aromatic nitrogens is 2. The molecule has 0 fully saturated rings. The number of methoxy groups -OCH3 is 2. The SMILES string of the molecule is COc1ccc(-c2noc(CCC(=O)N3CCc4sccc4C3c3cccs3)n2)cc1OC. The summed E-state index contributed by atoms with van der Waals surface area (Å²) in [6.45, 7) is 0.718. The van der Waals surface area contributed by atoms with E-state index in [0.29, 0.717) is 36.1 Å². The number of nitrogens with zero attached hydrogens (tertiary/aromatic N) is 3. The summed E-state index contributed by atoms with van der Waals surface area (Å²) >= 11 is 3.46. The predicted molar refractivity (Wildman–Crippen MR) is 127 cm³/mol. The van der Waals surface area contributed by atoms with Crippen LogP contribution in [0.5, 0.6) is 11.5 Å². The molecule has 7 nitrogen and oxygen atoms in total. The lowest BCUT2D eigenvalue weighted by Gasteiger charge is -2.35. The maximum absolute atomic E-state index is 13.3. The Bertz CT molecular complexity index is 1250. The molecule has 1 aliphatic rings. The van der Waals surface area contributed by atoms with Gasteiger partial charge in [-0.25, -0.2) is 0 Å². The third-order valence-corrected chi connectivity index (χ3v) is 7.68. The van der Waals surface area contributed by atoms with Crippen molar-refractivity contribution < 1.29 is 18.8 Å². The van der Waals surface area contributed by atoms with Gasteiger partial charge in [0.25, 0.3) is 0 Å². The number of hydrogen-bond donors (Lipinski definition) is 0. The largest absolute Gasteiger partial charge is 0.493 e. The number of rotatable bonds is 7. The minimum Gasteiger partial charge on any atom is -0.493 e. The van der Waals surface area contributed by atoms with Crippen molar-refractivity contribution in [2.75, 3.05) is 20.8 Å². The zero-order chi connectivity index (χ0) is 22.8. The zero-order valence-electron chi connectivity index (χ0n) is 18.3. The van der Waals surface area contributed by atoms with Gasteiger partial charge < -0.3 is 18.9 Å². The number of fused-ring (bicyclic) bond motifs is 1. The molecule has 1 aliphatic heterocycles. The minimum atomic E-state index is -0.0162. The van der Waals surface area contributed by atoms with Gasteiger partial charge in [-0.05, 0) is 53.1 Å². The molecule has 1 amide bonds. The molecule has 3 aromatic heterocycles. The van der Waals surface area contributed by atoms with Crippen molar-refractivity contribution >= 4 is 28.6 Å². The van der Waals surface area contributed by atoms with Crippen LogP contribution in [0.15, 0.2) is 51.7 Å². The molecule has 1 atom stereocenters. The van der Waals surface area contributed by atoms with Crippen LogP contribution >= 0.6 is 22.7 Å². The fourth-order valence-electron chi connectivity index (χ4n) is 4.15. The summed E-state index contributed by atoms with van der Waals surface area (Å²) in [6.07, 6.45) is 1.60. The molecule has 4 aromatic rings. The van der Waals surface area contributed by atoms with E-state index in [1.807, 2.05) is 17.0 Å². The van der Waals surface area contributed by atoms with Crippen molar-refractivity contribution in [3.8, 4) is 22.9 Å². The third-order valence-electron chi connectivity index (χ3n) is 5.76. The molecule has 0 N–H and O–H groups in total. The summed E-state index contributed by atoms with van der Waals surface area (Å²) < 4.78 is 16.1. The number of carbonyl (C=O) groups is 1. The van der Waals surface area contributed by atoms with Crippen molar-refractivity contribution in [2.24, 2.45) is 0 Å². The Morgan fingerprint density at radius 1 is 1.15 bits per heavy atom. The smallest absolute Gasteiger partial charge is 0.227 e. The van der Waals surface area contributed by atoms with Crippen LogP contribution in [0, 0.1) is 0 Å². The minimum absolute atomic E-state index is 0.0162. The Morgan fingerprint density at radius 3 is 2.82 bits per heavy atom. The Kier molecular flexibility index (Phi) is 6.15. The lowest BCUT2D eigenvalue weighted by atomic mass is 9.98. The van der Waals surface area contributed by atoms with Gasteiger partial charge in [-0.3, -0.25) is 4.79 Å². The van der Waals surface area contributed by atoms with Gasteiger partial charge in [0, 0.05) is 34.7 Å². The standard InChI is InChI=1S/C24H23N3O4S2/c1-29-17-6-5-15(14-18(17)30-2)24-25-21(31-26-24)7-8-22(28)27-11-9-19-16(10-13-33-19)23(27)20-4-3-12-32-20/h3-6,10,12-14,23H,7-9,11H2,1-2H3. The molecule has 0 aliphatic carbocycles. The van der Waals surface area contributed by atoms with Gasteiger partial charge in [0.2, 0.25) is 17.6 Å². The van der Waals surface area contributed by atoms with E-state index < -0.39 is 0 Å². The molecule has 0 saturated carbocycles. The van der Waals surface area contributed by atoms with Crippen molar-refractivity contribution in [3.63, 3.8) is 0 Å². The predicted octanol–water partition coefficient (Wildman–Crippen LogP) is 4.98. The van der Waals surface area contributed by atoms with Gasteiger partial charge in [-0.15, -0.1) is 22.7 Å². The van der Waals surface area contributed by atoms with Crippen LogP contribution in [-0.4, -0.2) is 41.7 Å². The number of amides is 1. The molecule has 0 saturated heterocycles. The van der Waals surface area contributed by atoms with Crippen LogP contribution in [-0.2, 0) is 17.6 Å². The first kappa shape index (κ1) is 21.7. The number of thiophene rings is 2. The lowest BCUT2D eigenvalue weighted by molar-refractivity contribution is -0.133. The molecule has 0 spiro atoms. The summed E-state index contributed by atoms with van der Waals surface area (Å²) in [6, 6.07) is 11.7. The average Bonchev–Trinajstić information content (AvgIpc) is 3.62. The van der Waals surface area contributed by atoms with Gasteiger partial charge in [-0.2, -0.15) is 4.98 Å². The van der Waals surface area contributed by atoms with E-state index in [-0.39, 0.29) is 11.9 Å². The van der Waals surface area contributed by atoms with Crippen LogP contribution < -0.4 is 9.47 Å². The zero-order valence-corrected chi connectivity index (χ0v) is 19.9. The number of ether oxygens (including phenoxy) is 2. The summed E-state index contributed by atoms with van der Waals surface area (Å²) in [5, 5.41) is 8.26. The first-order chi connectivity index (χ1) is 16.2. The second-order valence-corrected chi connectivity index (χ2v) is 9.62. The molecule has 9 heteroatoms. The Labute approximate surface area is 199 Å². The second kappa shape index (κ2) is 9.36. The highest BCUT2D eigenvalue weighted by atomic mass is 32.1. The Hall–Kier alpha value is -3.17. The highest BCUT2D eigenvalue weighted by Gasteiger charge is 2.33. The van der Waals surface area contributed by atoms with Crippen molar-refractivity contribution in [3.05, 3.63) is 68.4 Å². The molecule has 1 unspecified atom stereocenters. The van der Waals surface area contributed by atoms with E-state index >= 15 is 0 Å². The van der Waals surface area contributed by atoms with Crippen molar-refractivity contribution in [1.82, 2.24) is 15.0 Å². The van der Waals surface area contributed by atoms with Crippen LogP contribution in [0.2, 0.25) is 0 Å². The van der Waals surface area contributed by atoms with E-state index in [2.05, 4.69) is 33.0 Å². The molecule has 0 bridgehead atoms. The topological polar surface area (TPSA) is 77.7 Å². The fraction of sp³-hybridized carbons (Fsp3) is 0.292. The van der Waals surface area contributed by atoms with Crippen LogP contribution in [0.25, 0.3) is 11.4 Å². The number of hydrogen-bond acceptors (Lipinski definition) is 8. The van der Waals surface area contributed by atoms with E-state index in [9.17, 15) is 4.79 Å². The monoisotopic (exact) mass is 481 g/mol. The van der Waals surface area contributed by atoms with Crippen LogP contribution in [0.1, 0.15) is 33.7 Å². The van der Waals surface area contributed by atoms with E-state index in [0.717, 1.165) is 18.5 Å². The normalized spacial score (nSPS) is 15.3. The van der Waals surface area contributed by atoms with Gasteiger partial charge in [0.15, 0.2) is 11.5 Å². The summed E-state index contributed by atoms with van der Waals surface area (Å²) in [4.78, 5) is 22.3. The molecule has 4 heterocycles. The molecule has 1 aromatic carbocycles. The van der Waals surface area contributed by atoms with Gasteiger partial charge >= 0.3 is 0 Å². The highest BCUT2D eigenvalue weighted by molar-refractivity contribution is 7.10. The number of carbonyl (C=O) groups excluding carboxylic acids is 1. The molecule has 5 rings (SSSR count). The average molecular weight is 482 g/mol. The van der Waals surface area contributed by atoms with Crippen LogP contribution in [0.3, 0.4) is 0 Å². The molecule has 170 valence electrons. The van der Waals surface area contributed by atoms with Crippen LogP contribution in [0.4, 0.5) is 0 Å². The fourth-order valence-corrected chi connectivity index (χ4v) is 5.90. The quantitative estimate of drug-likeness (QED) is 0.370. The number of benzene rings is 1. The Balaban J connectivity index is 1.29. The third kappa shape index (κ3) is 4.26. The van der Waals surface area contributed by atoms with Gasteiger partial charge in [-0.1, -0.05) is 11.2 Å². The Morgan fingerprint density at radius 2 is 2.03 bits per heavy atom. The molecule has 0 radical (unpaired) electrons. The maximum Gasteiger partial charge on any atom is 0.227 e. The van der Waals surface area contributed by atoms with Crippen molar-refractivity contribution in [2.45, 2.75) is 25.3 Å². The summed E-state index contributed by atoms with van der Waals surface area (Å²) in [5.74, 6) is 2.21. The van der Waals surface area contributed by atoms with E-state index in [1.165, 1.54) is 15.3 Å². The van der Waals surface area contributed by atoms with Crippen molar-refractivity contribution in [1.29, 1.82) is 0 Å². The first-order valence-electron chi connectivity index (χ1n) is 10.6. The molecule has 33 heavy (non-hydrogen) atoms. The highest BCUT2D eigenvalue weighted by Crippen LogP contribution is 2.40. The van der Waals surface area contributed by atoms with Gasteiger partial charge in [0.1, 0.15) is 0 Å². The maximum atomic E-state index is 13.3. The second-order valence-electron chi connectivity index (χ2n) is 7.64. The first-order valence-corrected chi connectivity index (χ1v) is 12.4. The summed E-state index contributed by atoms with van der Waals surface area (Å²) in [5.41, 5.74) is 2.00. The van der Waals surface area contributed by atoms with E-state index in [4.69, 9.17) is 14.0 Å². The van der Waals surface area contributed by atoms with E-state index in [1.54, 1.807) is 49.0 Å². The molecular formula is C24H23N3O4S2. The lowest BCUT2D eigenvalue weighted by Crippen LogP contribution is -2.39. The summed E-state index contributed by atoms with van der Waals surface area (Å²) in [7, 11) is 3.17. The van der Waals surface area contributed by atoms with Gasteiger partial charge in [0.05, 0.1) is 20.3 Å². The molecular weight excluding hydrogens is 458 g/mol. The number of aryl methyl sites for hydroxylation is 1.